The van der Waals surface area contributed by atoms with E-state index in [4.69, 9.17) is 0 Å². The van der Waals surface area contributed by atoms with Crippen molar-refractivity contribution in [1.82, 2.24) is 4.72 Å². The van der Waals surface area contributed by atoms with Crippen molar-refractivity contribution in [2.24, 2.45) is 0 Å². The van der Waals surface area contributed by atoms with E-state index in [0.717, 1.165) is 5.75 Å². The normalized spacial score (nSPS) is 11.3. The number of hydrogen-bond acceptors (Lipinski definition) is 5. The van der Waals surface area contributed by atoms with Gasteiger partial charge < -0.3 is 5.32 Å². The second-order valence-electron chi connectivity index (χ2n) is 4.74. The molecule has 0 atom stereocenters. The third kappa shape index (κ3) is 5.98. The molecule has 0 bridgehead atoms. The largest absolute Gasteiger partial charge is 0.326 e. The molecule has 0 aliphatic heterocycles. The average Bonchev–Trinajstić information content (AvgIpc) is 3.00. The van der Waals surface area contributed by atoms with Crippen molar-refractivity contribution in [3.05, 3.63) is 46.7 Å². The molecule has 2 N–H and O–H groups in total. The molecule has 2 rings (SSSR count). The molecule has 0 saturated heterocycles. The molecule has 0 aliphatic rings. The Balaban J connectivity index is 1.80. The van der Waals surface area contributed by atoms with Gasteiger partial charge in [-0.25, -0.2) is 13.1 Å². The first-order chi connectivity index (χ1) is 11.0. The van der Waals surface area contributed by atoms with Crippen LogP contribution in [0.3, 0.4) is 0 Å². The van der Waals surface area contributed by atoms with Crippen molar-refractivity contribution in [3.8, 4) is 0 Å². The topological polar surface area (TPSA) is 75.3 Å². The monoisotopic (exact) mass is 370 g/mol. The maximum absolute atomic E-state index is 12.2. The molecule has 5 nitrogen and oxygen atoms in total. The quantitative estimate of drug-likeness (QED) is 0.701. The molecular weight excluding hydrogens is 352 g/mol. The molecule has 23 heavy (non-hydrogen) atoms. The lowest BCUT2D eigenvalue weighted by molar-refractivity contribution is -0.114. The molecule has 0 spiro atoms. The summed E-state index contributed by atoms with van der Waals surface area (Å²) in [6, 6.07) is 10.2. The van der Waals surface area contributed by atoms with Crippen LogP contribution in [-0.4, -0.2) is 26.6 Å². The summed E-state index contributed by atoms with van der Waals surface area (Å²) in [5, 5.41) is 4.63. The van der Waals surface area contributed by atoms with E-state index in [-0.39, 0.29) is 10.8 Å². The molecule has 1 aromatic carbocycles. The smallest absolute Gasteiger partial charge is 0.240 e. The first-order valence-corrected chi connectivity index (χ1v) is 10.5. The lowest BCUT2D eigenvalue weighted by Crippen LogP contribution is -2.26. The van der Waals surface area contributed by atoms with Crippen molar-refractivity contribution in [2.45, 2.75) is 17.6 Å². The van der Waals surface area contributed by atoms with Gasteiger partial charge in [0.05, 0.1) is 4.90 Å². The number of thioether (sulfide) groups is 1. The van der Waals surface area contributed by atoms with Crippen LogP contribution in [0, 0.1) is 0 Å². The number of amides is 1. The summed E-state index contributed by atoms with van der Waals surface area (Å²) < 4.78 is 26.9. The van der Waals surface area contributed by atoms with Gasteiger partial charge in [0, 0.05) is 35.5 Å². The van der Waals surface area contributed by atoms with Crippen LogP contribution in [0.5, 0.6) is 0 Å². The zero-order chi connectivity index (χ0) is 16.7. The van der Waals surface area contributed by atoms with Crippen LogP contribution >= 0.6 is 23.1 Å². The van der Waals surface area contributed by atoms with Gasteiger partial charge in [0.1, 0.15) is 0 Å². The van der Waals surface area contributed by atoms with E-state index >= 15 is 0 Å². The van der Waals surface area contributed by atoms with E-state index < -0.39 is 10.0 Å². The summed E-state index contributed by atoms with van der Waals surface area (Å²) in [6.07, 6.45) is 0. The maximum atomic E-state index is 12.2. The van der Waals surface area contributed by atoms with Crippen LogP contribution in [0.25, 0.3) is 0 Å². The Kier molecular flexibility index (Phi) is 6.64. The van der Waals surface area contributed by atoms with Gasteiger partial charge in [-0.05, 0) is 35.7 Å². The van der Waals surface area contributed by atoms with Gasteiger partial charge in [-0.1, -0.05) is 6.07 Å². The third-order valence-corrected chi connectivity index (χ3v) is 6.39. The number of carbonyl (C=O) groups excluding carboxylic acids is 1. The van der Waals surface area contributed by atoms with Gasteiger partial charge in [-0.15, -0.1) is 11.3 Å². The fourth-order valence-corrected chi connectivity index (χ4v) is 4.68. The summed E-state index contributed by atoms with van der Waals surface area (Å²) in [6.45, 7) is 1.78. The number of nitrogens with one attached hydrogen (secondary N) is 2. The zero-order valence-electron chi connectivity index (χ0n) is 12.6. The van der Waals surface area contributed by atoms with Crippen LogP contribution in [0.2, 0.25) is 0 Å². The number of sulfonamides is 1. The van der Waals surface area contributed by atoms with Gasteiger partial charge in [0.15, 0.2) is 0 Å². The second-order valence-corrected chi connectivity index (χ2v) is 8.64. The molecule has 124 valence electrons. The Morgan fingerprint density at radius 1 is 1.22 bits per heavy atom. The SMILES string of the molecule is CC(=O)Nc1ccc(S(=O)(=O)NCCSCc2cccs2)cc1. The summed E-state index contributed by atoms with van der Waals surface area (Å²) in [5.41, 5.74) is 0.572. The lowest BCUT2D eigenvalue weighted by atomic mass is 10.3. The minimum Gasteiger partial charge on any atom is -0.326 e. The number of anilines is 1. The second kappa shape index (κ2) is 8.49. The highest BCUT2D eigenvalue weighted by molar-refractivity contribution is 7.98. The highest BCUT2D eigenvalue weighted by atomic mass is 32.2. The predicted octanol–water partition coefficient (Wildman–Crippen LogP) is 2.92. The molecule has 0 unspecified atom stereocenters. The standard InChI is InChI=1S/C15H18N2O3S3/c1-12(18)17-13-4-6-15(7-5-13)23(19,20)16-8-10-21-11-14-3-2-9-22-14/h2-7,9,16H,8,10-11H2,1H3,(H,17,18). The van der Waals surface area contributed by atoms with Crippen LogP contribution in [0.15, 0.2) is 46.7 Å². The Hall–Kier alpha value is -1.35. The highest BCUT2D eigenvalue weighted by Crippen LogP contribution is 2.17. The van der Waals surface area contributed by atoms with E-state index in [0.29, 0.717) is 18.0 Å². The van der Waals surface area contributed by atoms with Gasteiger partial charge in [-0.2, -0.15) is 11.8 Å². The van der Waals surface area contributed by atoms with Crippen LogP contribution < -0.4 is 10.0 Å². The molecule has 0 aliphatic carbocycles. The fourth-order valence-electron chi connectivity index (χ4n) is 1.82. The highest BCUT2D eigenvalue weighted by Gasteiger charge is 2.13. The van der Waals surface area contributed by atoms with Crippen LogP contribution in [0.1, 0.15) is 11.8 Å². The molecular formula is C15H18N2O3S3. The van der Waals surface area contributed by atoms with E-state index in [9.17, 15) is 13.2 Å². The van der Waals surface area contributed by atoms with E-state index in [2.05, 4.69) is 16.1 Å². The van der Waals surface area contributed by atoms with Crippen molar-refractivity contribution < 1.29 is 13.2 Å². The number of benzene rings is 1. The van der Waals surface area contributed by atoms with Crippen molar-refractivity contribution in [3.63, 3.8) is 0 Å². The summed E-state index contributed by atoms with van der Waals surface area (Å²) >= 11 is 3.39. The summed E-state index contributed by atoms with van der Waals surface area (Å²) in [7, 11) is -3.51. The molecule has 2 aromatic rings. The Bertz CT molecular complexity index is 726. The molecule has 1 amide bonds. The van der Waals surface area contributed by atoms with E-state index in [1.165, 1.54) is 23.9 Å². The van der Waals surface area contributed by atoms with Gasteiger partial charge in [-0.3, -0.25) is 4.79 Å². The number of hydrogen-bond donors (Lipinski definition) is 2. The Labute approximate surface area is 144 Å². The van der Waals surface area contributed by atoms with Crippen molar-refractivity contribution in [1.29, 1.82) is 0 Å². The number of thiophene rings is 1. The molecule has 8 heteroatoms. The molecule has 0 saturated carbocycles. The Morgan fingerprint density at radius 2 is 1.96 bits per heavy atom. The average molecular weight is 371 g/mol. The van der Waals surface area contributed by atoms with Crippen molar-refractivity contribution in [2.75, 3.05) is 17.6 Å². The summed E-state index contributed by atoms with van der Waals surface area (Å²) in [5.74, 6) is 1.41. The van der Waals surface area contributed by atoms with Gasteiger partial charge in [0.25, 0.3) is 0 Å². The van der Waals surface area contributed by atoms with Gasteiger partial charge >= 0.3 is 0 Å². The van der Waals surface area contributed by atoms with E-state index in [1.54, 1.807) is 35.2 Å². The lowest BCUT2D eigenvalue weighted by Gasteiger charge is -2.08. The Morgan fingerprint density at radius 3 is 2.57 bits per heavy atom. The minimum absolute atomic E-state index is 0.190. The summed E-state index contributed by atoms with van der Waals surface area (Å²) in [4.78, 5) is 12.4. The maximum Gasteiger partial charge on any atom is 0.240 e. The number of carbonyl (C=O) groups is 1. The van der Waals surface area contributed by atoms with E-state index in [1.807, 2.05) is 11.4 Å². The molecule has 0 fully saturated rings. The molecule has 1 heterocycles. The van der Waals surface area contributed by atoms with Crippen LogP contribution in [-0.2, 0) is 20.6 Å². The minimum atomic E-state index is -3.51. The first kappa shape index (κ1) is 18.0. The fraction of sp³-hybridized carbons (Fsp3) is 0.267. The molecule has 1 aromatic heterocycles. The third-order valence-electron chi connectivity index (χ3n) is 2.85. The van der Waals surface area contributed by atoms with Crippen molar-refractivity contribution >= 4 is 44.7 Å². The first-order valence-electron chi connectivity index (χ1n) is 6.95. The number of rotatable bonds is 8. The predicted molar refractivity (Wildman–Crippen MR) is 96.4 cm³/mol. The molecule has 0 radical (unpaired) electrons. The van der Waals surface area contributed by atoms with Crippen LogP contribution in [0.4, 0.5) is 5.69 Å². The van der Waals surface area contributed by atoms with Gasteiger partial charge in [0.2, 0.25) is 15.9 Å². The zero-order valence-corrected chi connectivity index (χ0v) is 15.1.